The smallest absolute Gasteiger partial charge is 0.254 e. The van der Waals surface area contributed by atoms with Crippen molar-refractivity contribution in [1.82, 2.24) is 9.80 Å². The van der Waals surface area contributed by atoms with Crippen LogP contribution in [0.5, 0.6) is 11.5 Å². The van der Waals surface area contributed by atoms with E-state index in [0.29, 0.717) is 36.7 Å². The molecule has 0 unspecified atom stereocenters. The van der Waals surface area contributed by atoms with Crippen LogP contribution in [0.1, 0.15) is 40.2 Å². The number of amides is 2. The molecule has 1 aromatic heterocycles. The minimum absolute atomic E-state index is 0.0812. The summed E-state index contributed by atoms with van der Waals surface area (Å²) < 4.78 is 24.1. The lowest BCUT2D eigenvalue weighted by atomic mass is 10.1. The van der Waals surface area contributed by atoms with Gasteiger partial charge in [-0.05, 0) is 59.7 Å². The SMILES string of the molecule is COc1cc(OC)cc(C(=O)N(CC(=O)N(Cc2ccc(F)cc2)Cc2sccc2C)CC(C)C)c1. The Labute approximate surface area is 216 Å². The molecule has 1 heterocycles. The van der Waals surface area contributed by atoms with Crippen LogP contribution in [-0.2, 0) is 17.9 Å². The minimum Gasteiger partial charge on any atom is -0.497 e. The number of methoxy groups -OCH3 is 2. The van der Waals surface area contributed by atoms with Gasteiger partial charge in [0.15, 0.2) is 0 Å². The average molecular weight is 513 g/mol. The van der Waals surface area contributed by atoms with Crippen molar-refractivity contribution >= 4 is 23.2 Å². The van der Waals surface area contributed by atoms with Crippen molar-refractivity contribution in [2.24, 2.45) is 5.92 Å². The van der Waals surface area contributed by atoms with Crippen LogP contribution >= 0.6 is 11.3 Å². The second kappa shape index (κ2) is 12.5. The van der Waals surface area contributed by atoms with Gasteiger partial charge < -0.3 is 19.3 Å². The second-order valence-corrected chi connectivity index (χ2v) is 10.1. The van der Waals surface area contributed by atoms with Crippen LogP contribution in [0.15, 0.2) is 53.9 Å². The minimum atomic E-state index is -0.326. The first-order valence-corrected chi connectivity index (χ1v) is 12.7. The summed E-state index contributed by atoms with van der Waals surface area (Å²) in [6.07, 6.45) is 0. The predicted octanol–water partition coefficient (Wildman–Crippen LogP) is 5.54. The largest absolute Gasteiger partial charge is 0.497 e. The monoisotopic (exact) mass is 512 g/mol. The van der Waals surface area contributed by atoms with Gasteiger partial charge in [0.1, 0.15) is 23.9 Å². The molecular weight excluding hydrogens is 479 g/mol. The van der Waals surface area contributed by atoms with Gasteiger partial charge in [0.2, 0.25) is 5.91 Å². The van der Waals surface area contributed by atoms with Gasteiger partial charge in [-0.2, -0.15) is 0 Å². The Hall–Kier alpha value is -3.39. The number of nitrogens with zero attached hydrogens (tertiary/aromatic N) is 2. The number of carbonyl (C=O) groups excluding carboxylic acids is 2. The van der Waals surface area contributed by atoms with E-state index in [2.05, 4.69) is 0 Å². The molecule has 192 valence electrons. The number of carbonyl (C=O) groups is 2. The highest BCUT2D eigenvalue weighted by molar-refractivity contribution is 7.10. The molecule has 2 amide bonds. The third kappa shape index (κ3) is 7.31. The zero-order chi connectivity index (χ0) is 26.2. The summed E-state index contributed by atoms with van der Waals surface area (Å²) in [4.78, 5) is 31.5. The Kier molecular flexibility index (Phi) is 9.47. The van der Waals surface area contributed by atoms with Crippen LogP contribution in [0.25, 0.3) is 0 Å². The summed E-state index contributed by atoms with van der Waals surface area (Å²) in [6, 6.07) is 13.1. The molecule has 0 aliphatic carbocycles. The van der Waals surface area contributed by atoms with Crippen molar-refractivity contribution in [3.8, 4) is 11.5 Å². The highest BCUT2D eigenvalue weighted by Gasteiger charge is 2.25. The normalized spacial score (nSPS) is 10.9. The Morgan fingerprint density at radius 1 is 0.944 bits per heavy atom. The van der Waals surface area contributed by atoms with Crippen LogP contribution in [0.2, 0.25) is 0 Å². The van der Waals surface area contributed by atoms with E-state index in [9.17, 15) is 14.0 Å². The van der Waals surface area contributed by atoms with Crippen molar-refractivity contribution in [2.45, 2.75) is 33.9 Å². The maximum absolute atomic E-state index is 13.6. The molecule has 0 N–H and O–H groups in total. The van der Waals surface area contributed by atoms with Gasteiger partial charge in [-0.15, -0.1) is 11.3 Å². The van der Waals surface area contributed by atoms with Crippen molar-refractivity contribution in [3.63, 3.8) is 0 Å². The molecule has 0 atom stereocenters. The summed E-state index contributed by atoms with van der Waals surface area (Å²) in [7, 11) is 3.05. The lowest BCUT2D eigenvalue weighted by molar-refractivity contribution is -0.133. The number of thiophene rings is 1. The molecule has 0 saturated carbocycles. The highest BCUT2D eigenvalue weighted by Crippen LogP contribution is 2.24. The van der Waals surface area contributed by atoms with E-state index in [1.54, 1.807) is 51.5 Å². The van der Waals surface area contributed by atoms with Gasteiger partial charge in [0.25, 0.3) is 5.91 Å². The number of hydrogen-bond acceptors (Lipinski definition) is 5. The fraction of sp³-hybridized carbons (Fsp3) is 0.357. The van der Waals surface area contributed by atoms with Crippen molar-refractivity contribution < 1.29 is 23.5 Å². The number of rotatable bonds is 11. The number of ether oxygens (including phenoxy) is 2. The first-order chi connectivity index (χ1) is 17.2. The summed E-state index contributed by atoms with van der Waals surface area (Å²) in [5, 5.41) is 2.00. The van der Waals surface area contributed by atoms with Gasteiger partial charge >= 0.3 is 0 Å². The second-order valence-electron chi connectivity index (χ2n) is 9.08. The zero-order valence-corrected chi connectivity index (χ0v) is 22.2. The Morgan fingerprint density at radius 3 is 2.11 bits per heavy atom. The average Bonchev–Trinajstić information content (AvgIpc) is 3.27. The van der Waals surface area contributed by atoms with E-state index in [0.717, 1.165) is 16.0 Å². The summed E-state index contributed by atoms with van der Waals surface area (Å²) in [6.45, 7) is 7.07. The van der Waals surface area contributed by atoms with Crippen LogP contribution in [0.4, 0.5) is 4.39 Å². The summed E-state index contributed by atoms with van der Waals surface area (Å²) in [5.41, 5.74) is 2.31. The summed E-state index contributed by atoms with van der Waals surface area (Å²) in [5.74, 6) is 0.367. The molecular formula is C28H33FN2O4S. The predicted molar refractivity (Wildman–Crippen MR) is 140 cm³/mol. The maximum Gasteiger partial charge on any atom is 0.254 e. The van der Waals surface area contributed by atoms with E-state index < -0.39 is 0 Å². The molecule has 0 fully saturated rings. The molecule has 0 bridgehead atoms. The number of hydrogen-bond donors (Lipinski definition) is 0. The number of aryl methyl sites for hydroxylation is 1. The van der Waals surface area contributed by atoms with Crippen LogP contribution in [0, 0.1) is 18.7 Å². The van der Waals surface area contributed by atoms with E-state index in [4.69, 9.17) is 9.47 Å². The molecule has 2 aromatic carbocycles. The molecule has 0 saturated heterocycles. The molecule has 3 aromatic rings. The molecule has 6 nitrogen and oxygen atoms in total. The Bertz CT molecular complexity index is 1150. The van der Waals surface area contributed by atoms with E-state index in [1.807, 2.05) is 32.2 Å². The van der Waals surface area contributed by atoms with Gasteiger partial charge in [-0.25, -0.2) is 4.39 Å². The standard InChI is InChI=1S/C28H33FN2O4S/c1-19(2)15-31(28(33)22-12-24(34-4)14-25(13-22)35-5)18-27(32)30(17-26-20(3)10-11-36-26)16-21-6-8-23(29)9-7-21/h6-14,19H,15-18H2,1-5H3. The van der Waals surface area contributed by atoms with Gasteiger partial charge in [0.05, 0.1) is 20.8 Å². The molecule has 0 aliphatic rings. The van der Waals surface area contributed by atoms with Crippen molar-refractivity contribution in [3.05, 3.63) is 81.3 Å². The quantitative estimate of drug-likeness (QED) is 0.339. The maximum atomic E-state index is 13.6. The van der Waals surface area contributed by atoms with Gasteiger partial charge in [-0.1, -0.05) is 26.0 Å². The molecule has 0 spiro atoms. The Balaban J connectivity index is 1.88. The van der Waals surface area contributed by atoms with Crippen molar-refractivity contribution in [2.75, 3.05) is 27.3 Å². The molecule has 3 rings (SSSR count). The molecule has 0 aliphatic heterocycles. The van der Waals surface area contributed by atoms with Gasteiger partial charge in [0, 0.05) is 29.6 Å². The lowest BCUT2D eigenvalue weighted by Crippen LogP contribution is -2.43. The fourth-order valence-electron chi connectivity index (χ4n) is 3.82. The first-order valence-electron chi connectivity index (χ1n) is 11.8. The van der Waals surface area contributed by atoms with E-state index >= 15 is 0 Å². The topological polar surface area (TPSA) is 59.1 Å². The third-order valence-corrected chi connectivity index (χ3v) is 6.75. The molecule has 8 heteroatoms. The number of benzene rings is 2. The number of halogens is 1. The van der Waals surface area contributed by atoms with Crippen LogP contribution in [-0.4, -0.2) is 48.9 Å². The van der Waals surface area contributed by atoms with Crippen molar-refractivity contribution in [1.29, 1.82) is 0 Å². The summed E-state index contributed by atoms with van der Waals surface area (Å²) >= 11 is 1.59. The Morgan fingerprint density at radius 2 is 1.58 bits per heavy atom. The van der Waals surface area contributed by atoms with E-state index in [-0.39, 0.29) is 30.1 Å². The van der Waals surface area contributed by atoms with Gasteiger partial charge in [-0.3, -0.25) is 9.59 Å². The zero-order valence-electron chi connectivity index (χ0n) is 21.4. The van der Waals surface area contributed by atoms with Crippen LogP contribution < -0.4 is 9.47 Å². The highest BCUT2D eigenvalue weighted by atomic mass is 32.1. The lowest BCUT2D eigenvalue weighted by Gasteiger charge is -2.29. The fourth-order valence-corrected chi connectivity index (χ4v) is 4.74. The third-order valence-electron chi connectivity index (χ3n) is 5.74. The van der Waals surface area contributed by atoms with Crippen LogP contribution in [0.3, 0.4) is 0 Å². The molecule has 36 heavy (non-hydrogen) atoms. The first kappa shape index (κ1) is 27.2. The molecule has 0 radical (unpaired) electrons. The van der Waals surface area contributed by atoms with E-state index in [1.165, 1.54) is 26.4 Å².